The molecule has 0 spiro atoms. The number of H-pyrrole nitrogens is 1. The Bertz CT molecular complexity index is 1460. The second-order valence-electron chi connectivity index (χ2n) is 10.9. The Morgan fingerprint density at radius 2 is 1.84 bits per heavy atom. The second-order valence-corrected chi connectivity index (χ2v) is 10.9. The highest BCUT2D eigenvalue weighted by Crippen LogP contribution is 2.36. The third-order valence-corrected chi connectivity index (χ3v) is 7.54. The molecule has 38 heavy (non-hydrogen) atoms. The Kier molecular flexibility index (Phi) is 7.21. The first-order valence-corrected chi connectivity index (χ1v) is 13.3. The first-order chi connectivity index (χ1) is 18.3. The summed E-state index contributed by atoms with van der Waals surface area (Å²) in [6.45, 7) is 12.2. The number of aromatic amines is 1. The molecular weight excluding hydrogens is 480 g/mol. The van der Waals surface area contributed by atoms with Gasteiger partial charge >= 0.3 is 0 Å². The van der Waals surface area contributed by atoms with E-state index in [1.807, 2.05) is 28.9 Å². The van der Waals surface area contributed by atoms with Gasteiger partial charge in [0.2, 0.25) is 6.79 Å². The van der Waals surface area contributed by atoms with E-state index >= 15 is 0 Å². The van der Waals surface area contributed by atoms with Gasteiger partial charge in [-0.2, -0.15) is 0 Å². The molecule has 0 saturated heterocycles. The minimum absolute atomic E-state index is 0.0913. The van der Waals surface area contributed by atoms with Crippen LogP contribution in [0.2, 0.25) is 0 Å². The lowest BCUT2D eigenvalue weighted by Crippen LogP contribution is -2.39. The molecule has 9 heteroatoms. The quantitative estimate of drug-likeness (QED) is 0.322. The molecule has 0 fully saturated rings. The normalized spacial score (nSPS) is 14.1. The van der Waals surface area contributed by atoms with Crippen molar-refractivity contribution in [2.75, 3.05) is 13.3 Å². The number of nitrogens with zero attached hydrogens (tertiary/aromatic N) is 5. The van der Waals surface area contributed by atoms with E-state index in [1.54, 1.807) is 0 Å². The summed E-state index contributed by atoms with van der Waals surface area (Å²) in [5, 5.41) is 13.9. The number of tetrazole rings is 1. The van der Waals surface area contributed by atoms with Gasteiger partial charge in [0.25, 0.3) is 5.56 Å². The summed E-state index contributed by atoms with van der Waals surface area (Å²) in [7, 11) is 0. The van der Waals surface area contributed by atoms with Crippen LogP contribution in [0.1, 0.15) is 64.0 Å². The largest absolute Gasteiger partial charge is 0.454 e. The number of nitrogens with one attached hydrogen (secondary N) is 1. The summed E-state index contributed by atoms with van der Waals surface area (Å²) in [6, 6.07) is 16.0. The lowest BCUT2D eigenvalue weighted by atomic mass is 9.97. The van der Waals surface area contributed by atoms with Gasteiger partial charge in [-0.15, -0.1) is 5.10 Å². The van der Waals surface area contributed by atoms with E-state index in [9.17, 15) is 4.79 Å². The highest BCUT2D eigenvalue weighted by molar-refractivity contribution is 5.83. The van der Waals surface area contributed by atoms with E-state index in [-0.39, 0.29) is 29.9 Å². The van der Waals surface area contributed by atoms with Crippen molar-refractivity contribution in [1.29, 1.82) is 0 Å². The Labute approximate surface area is 222 Å². The first-order valence-electron chi connectivity index (χ1n) is 13.3. The first kappa shape index (κ1) is 25.9. The third kappa shape index (κ3) is 5.15. The molecule has 0 bridgehead atoms. The van der Waals surface area contributed by atoms with E-state index in [0.29, 0.717) is 23.6 Å². The predicted molar refractivity (Wildman–Crippen MR) is 146 cm³/mol. The lowest BCUT2D eigenvalue weighted by molar-refractivity contribution is 0.127. The molecule has 5 rings (SSSR count). The van der Waals surface area contributed by atoms with Crippen molar-refractivity contribution in [3.8, 4) is 11.5 Å². The van der Waals surface area contributed by atoms with Crippen molar-refractivity contribution in [2.45, 2.75) is 65.6 Å². The molecule has 9 nitrogen and oxygen atoms in total. The zero-order valence-corrected chi connectivity index (χ0v) is 22.8. The molecule has 2 aromatic carbocycles. The van der Waals surface area contributed by atoms with Crippen LogP contribution in [-0.4, -0.2) is 43.4 Å². The number of hydrogen-bond donors (Lipinski definition) is 1. The molecule has 0 amide bonds. The minimum Gasteiger partial charge on any atom is -0.454 e. The zero-order valence-electron chi connectivity index (χ0n) is 22.8. The van der Waals surface area contributed by atoms with Crippen molar-refractivity contribution < 1.29 is 9.47 Å². The summed E-state index contributed by atoms with van der Waals surface area (Å²) >= 11 is 0. The zero-order chi connectivity index (χ0) is 26.9. The third-order valence-electron chi connectivity index (χ3n) is 7.54. The maximum atomic E-state index is 13.3. The fourth-order valence-electron chi connectivity index (χ4n) is 5.05. The number of ether oxygens (including phenoxy) is 2. The summed E-state index contributed by atoms with van der Waals surface area (Å²) in [6.07, 6.45) is 1.73. The monoisotopic (exact) mass is 516 g/mol. The number of rotatable bonds is 10. The molecule has 0 saturated carbocycles. The SMILES string of the molecule is CCC(C)(C)n1nnnc1[C@H](C(C)C)N(CCc1ccccc1)Cc1cc2cc3c(cc2[nH]c1=O)OCO3. The van der Waals surface area contributed by atoms with Gasteiger partial charge in [0.05, 0.1) is 17.1 Å². The van der Waals surface area contributed by atoms with Crippen LogP contribution >= 0.6 is 0 Å². The Morgan fingerprint density at radius 1 is 1.11 bits per heavy atom. The number of pyridine rings is 1. The van der Waals surface area contributed by atoms with Crippen LogP contribution in [0.4, 0.5) is 0 Å². The molecular formula is C29H36N6O3. The van der Waals surface area contributed by atoms with Crippen LogP contribution in [0, 0.1) is 5.92 Å². The maximum absolute atomic E-state index is 13.3. The summed E-state index contributed by atoms with van der Waals surface area (Å²) in [5.41, 5.74) is 2.31. The molecule has 1 aliphatic heterocycles. The summed E-state index contributed by atoms with van der Waals surface area (Å²) in [4.78, 5) is 18.7. The molecule has 1 aliphatic rings. The predicted octanol–water partition coefficient (Wildman–Crippen LogP) is 4.83. The van der Waals surface area contributed by atoms with Crippen LogP contribution in [0.5, 0.6) is 11.5 Å². The highest BCUT2D eigenvalue weighted by Gasteiger charge is 2.33. The minimum atomic E-state index is -0.236. The summed E-state index contributed by atoms with van der Waals surface area (Å²) in [5.74, 6) is 2.37. The Morgan fingerprint density at radius 3 is 2.55 bits per heavy atom. The number of aromatic nitrogens is 5. The number of fused-ring (bicyclic) bond motifs is 2. The van der Waals surface area contributed by atoms with Gasteiger partial charge in [-0.05, 0) is 60.7 Å². The van der Waals surface area contributed by atoms with Gasteiger partial charge in [0.1, 0.15) is 0 Å². The number of benzene rings is 2. The highest BCUT2D eigenvalue weighted by atomic mass is 16.7. The standard InChI is InChI=1S/C29H36N6O3/c1-6-29(4,5)35-27(31-32-33-35)26(19(2)3)34(13-12-20-10-8-7-9-11-20)17-22-14-21-15-24-25(38-18-37-24)16-23(21)30-28(22)36/h7-11,14-16,19,26H,6,12-13,17-18H2,1-5H3,(H,30,36)/t26-/m0/s1. The molecule has 2 aromatic heterocycles. The second kappa shape index (κ2) is 10.6. The number of hydrogen-bond acceptors (Lipinski definition) is 7. The Hall–Kier alpha value is -3.72. The van der Waals surface area contributed by atoms with Gasteiger partial charge in [0.15, 0.2) is 17.3 Å². The lowest BCUT2D eigenvalue weighted by Gasteiger charge is -2.35. The molecule has 1 atom stereocenters. The molecule has 3 heterocycles. The van der Waals surface area contributed by atoms with Gasteiger partial charge in [0, 0.05) is 30.1 Å². The fraction of sp³-hybridized carbons (Fsp3) is 0.448. The van der Waals surface area contributed by atoms with E-state index in [1.165, 1.54) is 5.56 Å². The molecule has 1 N–H and O–H groups in total. The van der Waals surface area contributed by atoms with Gasteiger partial charge in [-0.25, -0.2) is 4.68 Å². The molecule has 0 radical (unpaired) electrons. The van der Waals surface area contributed by atoms with E-state index in [4.69, 9.17) is 9.47 Å². The van der Waals surface area contributed by atoms with Crippen molar-refractivity contribution >= 4 is 10.9 Å². The van der Waals surface area contributed by atoms with Crippen LogP contribution in [0.3, 0.4) is 0 Å². The fourth-order valence-corrected chi connectivity index (χ4v) is 5.05. The topological polar surface area (TPSA) is 98.2 Å². The van der Waals surface area contributed by atoms with Crippen molar-refractivity contribution in [1.82, 2.24) is 30.1 Å². The smallest absolute Gasteiger partial charge is 0.252 e. The van der Waals surface area contributed by atoms with Crippen molar-refractivity contribution in [3.05, 3.63) is 75.8 Å². The van der Waals surface area contributed by atoms with E-state index in [0.717, 1.165) is 36.1 Å². The van der Waals surface area contributed by atoms with Crippen LogP contribution < -0.4 is 15.0 Å². The average molecular weight is 517 g/mol. The molecule has 0 aliphatic carbocycles. The van der Waals surface area contributed by atoms with E-state index < -0.39 is 0 Å². The van der Waals surface area contributed by atoms with Crippen molar-refractivity contribution in [3.63, 3.8) is 0 Å². The van der Waals surface area contributed by atoms with Crippen molar-refractivity contribution in [2.24, 2.45) is 5.92 Å². The van der Waals surface area contributed by atoms with Gasteiger partial charge in [-0.1, -0.05) is 51.1 Å². The molecule has 0 unspecified atom stereocenters. The summed E-state index contributed by atoms with van der Waals surface area (Å²) < 4.78 is 13.0. The Balaban J connectivity index is 1.54. The van der Waals surface area contributed by atoms with Gasteiger partial charge in [-0.3, -0.25) is 9.69 Å². The van der Waals surface area contributed by atoms with Crippen LogP contribution in [-0.2, 0) is 18.5 Å². The maximum Gasteiger partial charge on any atom is 0.252 e. The molecule has 4 aromatic rings. The van der Waals surface area contributed by atoms with Gasteiger partial charge < -0.3 is 14.5 Å². The van der Waals surface area contributed by atoms with Crippen LogP contribution in [0.25, 0.3) is 10.9 Å². The average Bonchev–Trinajstić information content (AvgIpc) is 3.57. The van der Waals surface area contributed by atoms with Crippen LogP contribution in [0.15, 0.2) is 53.3 Å². The molecule has 200 valence electrons. The van der Waals surface area contributed by atoms with E-state index in [2.05, 4.69) is 84.3 Å².